The van der Waals surface area contributed by atoms with Crippen molar-refractivity contribution in [3.8, 4) is 0 Å². The zero-order valence-electron chi connectivity index (χ0n) is 7.27. The molecule has 1 aromatic heterocycles. The van der Waals surface area contributed by atoms with Crippen LogP contribution in [0.4, 0.5) is 0 Å². The molecular formula is C12H10N. The molecule has 63 valence electrons. The van der Waals surface area contributed by atoms with Crippen molar-refractivity contribution in [2.75, 3.05) is 0 Å². The molecule has 0 fully saturated rings. The van der Waals surface area contributed by atoms with Gasteiger partial charge in [0.15, 0.2) is 0 Å². The van der Waals surface area contributed by atoms with E-state index in [1.807, 2.05) is 30.5 Å². The van der Waals surface area contributed by atoms with Crippen LogP contribution < -0.4 is 0 Å². The lowest BCUT2D eigenvalue weighted by Crippen LogP contribution is -1.81. The van der Waals surface area contributed by atoms with Crippen molar-refractivity contribution in [1.29, 1.82) is 0 Å². The van der Waals surface area contributed by atoms with Gasteiger partial charge in [-0.15, -0.1) is 0 Å². The Hall–Kier alpha value is -1.63. The highest BCUT2D eigenvalue weighted by molar-refractivity contribution is 5.86. The maximum Gasteiger partial charge on any atom is 0.0774 e. The van der Waals surface area contributed by atoms with Crippen LogP contribution in [0.3, 0.4) is 0 Å². The number of allylic oxidation sites excluding steroid dienone is 1. The summed E-state index contributed by atoms with van der Waals surface area (Å²) in [4.78, 5) is 4.32. The van der Waals surface area contributed by atoms with E-state index in [9.17, 15) is 0 Å². The second kappa shape index (κ2) is 3.40. The fourth-order valence-corrected chi connectivity index (χ4v) is 1.39. The van der Waals surface area contributed by atoms with E-state index in [2.05, 4.69) is 24.0 Å². The smallest absolute Gasteiger partial charge is 0.0774 e. The molecule has 0 aliphatic carbocycles. The molecule has 0 aliphatic heterocycles. The minimum atomic E-state index is 1.03. The van der Waals surface area contributed by atoms with E-state index in [1.54, 1.807) is 6.08 Å². The monoisotopic (exact) mass is 168 g/mol. The summed E-state index contributed by atoms with van der Waals surface area (Å²) in [7, 11) is 0. The van der Waals surface area contributed by atoms with Crippen molar-refractivity contribution >= 4 is 17.0 Å². The summed E-state index contributed by atoms with van der Waals surface area (Å²) in [6.45, 7) is 3.68. The molecule has 1 aromatic carbocycles. The first-order valence-corrected chi connectivity index (χ1v) is 4.21. The molecule has 0 N–H and O–H groups in total. The van der Waals surface area contributed by atoms with E-state index in [0.29, 0.717) is 0 Å². The standard InChI is InChI=1S/C12H10N/c1-2-5-10-6-3-7-11-8-4-9-13-12(10)11/h2-9H,1H2. The maximum absolute atomic E-state index is 4.32. The second-order valence-electron chi connectivity index (χ2n) is 2.82. The van der Waals surface area contributed by atoms with Gasteiger partial charge in [-0.1, -0.05) is 36.4 Å². The van der Waals surface area contributed by atoms with E-state index in [0.717, 1.165) is 16.5 Å². The quantitative estimate of drug-likeness (QED) is 0.637. The van der Waals surface area contributed by atoms with E-state index >= 15 is 0 Å². The maximum atomic E-state index is 4.32. The summed E-state index contributed by atoms with van der Waals surface area (Å²) in [5.41, 5.74) is 2.15. The van der Waals surface area contributed by atoms with Crippen molar-refractivity contribution in [3.63, 3.8) is 0 Å². The number of benzene rings is 1. The minimum Gasteiger partial charge on any atom is -0.256 e. The molecule has 0 spiro atoms. The van der Waals surface area contributed by atoms with Crippen molar-refractivity contribution in [2.24, 2.45) is 0 Å². The van der Waals surface area contributed by atoms with Gasteiger partial charge in [0, 0.05) is 17.1 Å². The molecule has 1 radical (unpaired) electrons. The summed E-state index contributed by atoms with van der Waals surface area (Å²) < 4.78 is 0. The molecule has 0 amide bonds. The van der Waals surface area contributed by atoms with E-state index in [4.69, 9.17) is 0 Å². The molecular weight excluding hydrogens is 158 g/mol. The molecule has 13 heavy (non-hydrogen) atoms. The van der Waals surface area contributed by atoms with Gasteiger partial charge in [-0.05, 0) is 13.0 Å². The largest absolute Gasteiger partial charge is 0.256 e. The molecule has 0 unspecified atom stereocenters. The fourth-order valence-electron chi connectivity index (χ4n) is 1.39. The summed E-state index contributed by atoms with van der Waals surface area (Å²) in [6, 6.07) is 10.1. The van der Waals surface area contributed by atoms with Gasteiger partial charge >= 0.3 is 0 Å². The predicted octanol–water partition coefficient (Wildman–Crippen LogP) is 3.08. The second-order valence-corrected chi connectivity index (χ2v) is 2.82. The molecule has 1 heteroatoms. The number of para-hydroxylation sites is 1. The molecule has 0 aliphatic rings. The topological polar surface area (TPSA) is 12.9 Å². The van der Waals surface area contributed by atoms with Gasteiger partial charge in [0.1, 0.15) is 0 Å². The number of pyridine rings is 1. The lowest BCUT2D eigenvalue weighted by molar-refractivity contribution is 1.41. The van der Waals surface area contributed by atoms with Crippen LogP contribution in [0.5, 0.6) is 0 Å². The lowest BCUT2D eigenvalue weighted by Gasteiger charge is -1.99. The Morgan fingerprint density at radius 1 is 1.15 bits per heavy atom. The zero-order chi connectivity index (χ0) is 9.10. The van der Waals surface area contributed by atoms with E-state index in [-0.39, 0.29) is 0 Å². The Kier molecular flexibility index (Phi) is 2.09. The molecule has 0 atom stereocenters. The normalized spacial score (nSPS) is 11.2. The van der Waals surface area contributed by atoms with Gasteiger partial charge in [-0.2, -0.15) is 0 Å². The SMILES string of the molecule is [CH2]C=Cc1cccc2cccnc12. The molecule has 2 rings (SSSR count). The van der Waals surface area contributed by atoms with Gasteiger partial charge < -0.3 is 0 Å². The average Bonchev–Trinajstić information content (AvgIpc) is 2.19. The number of fused-ring (bicyclic) bond motifs is 1. The summed E-state index contributed by atoms with van der Waals surface area (Å²) >= 11 is 0. The third kappa shape index (κ3) is 1.45. The number of hydrogen-bond donors (Lipinski definition) is 0. The van der Waals surface area contributed by atoms with Crippen molar-refractivity contribution in [3.05, 3.63) is 55.1 Å². The molecule has 0 bridgehead atoms. The predicted molar refractivity (Wildman–Crippen MR) is 56.1 cm³/mol. The number of nitrogens with zero attached hydrogens (tertiary/aromatic N) is 1. The van der Waals surface area contributed by atoms with Crippen molar-refractivity contribution in [2.45, 2.75) is 0 Å². The first-order chi connectivity index (χ1) is 6.42. The number of hydrogen-bond acceptors (Lipinski definition) is 1. The summed E-state index contributed by atoms with van der Waals surface area (Å²) in [5.74, 6) is 0. The molecule has 0 saturated carbocycles. The van der Waals surface area contributed by atoms with Crippen LogP contribution in [0, 0.1) is 6.92 Å². The molecule has 0 saturated heterocycles. The van der Waals surface area contributed by atoms with Crippen LogP contribution in [0.2, 0.25) is 0 Å². The van der Waals surface area contributed by atoms with Crippen LogP contribution >= 0.6 is 0 Å². The van der Waals surface area contributed by atoms with Crippen LogP contribution in [0.1, 0.15) is 5.56 Å². The van der Waals surface area contributed by atoms with Crippen molar-refractivity contribution in [1.82, 2.24) is 4.98 Å². The summed E-state index contributed by atoms with van der Waals surface area (Å²) in [6.07, 6.45) is 5.56. The first-order valence-electron chi connectivity index (χ1n) is 4.21. The number of aromatic nitrogens is 1. The Morgan fingerprint density at radius 3 is 2.85 bits per heavy atom. The van der Waals surface area contributed by atoms with E-state index < -0.39 is 0 Å². The van der Waals surface area contributed by atoms with Gasteiger partial charge in [-0.3, -0.25) is 4.98 Å². The van der Waals surface area contributed by atoms with Gasteiger partial charge in [-0.25, -0.2) is 0 Å². The highest BCUT2D eigenvalue weighted by atomic mass is 14.6. The van der Waals surface area contributed by atoms with Crippen LogP contribution in [0.15, 0.2) is 42.6 Å². The van der Waals surface area contributed by atoms with Gasteiger partial charge in [0.05, 0.1) is 5.52 Å². The Balaban J connectivity index is 2.75. The Labute approximate surface area is 77.7 Å². The molecule has 1 heterocycles. The lowest BCUT2D eigenvalue weighted by atomic mass is 10.1. The van der Waals surface area contributed by atoms with E-state index in [1.165, 1.54) is 0 Å². The average molecular weight is 168 g/mol. The highest BCUT2D eigenvalue weighted by Crippen LogP contribution is 2.16. The molecule has 2 aromatic rings. The zero-order valence-corrected chi connectivity index (χ0v) is 7.27. The fraction of sp³-hybridized carbons (Fsp3) is 0. The number of rotatable bonds is 1. The summed E-state index contributed by atoms with van der Waals surface area (Å²) in [5, 5.41) is 1.16. The minimum absolute atomic E-state index is 1.03. The van der Waals surface area contributed by atoms with Crippen LogP contribution in [-0.2, 0) is 0 Å². The molecule has 1 nitrogen and oxygen atoms in total. The third-order valence-corrected chi connectivity index (χ3v) is 1.96. The Morgan fingerprint density at radius 2 is 2.00 bits per heavy atom. The van der Waals surface area contributed by atoms with Crippen LogP contribution in [-0.4, -0.2) is 4.98 Å². The highest BCUT2D eigenvalue weighted by Gasteiger charge is 1.96. The Bertz CT molecular complexity index is 438. The van der Waals surface area contributed by atoms with Gasteiger partial charge in [0.25, 0.3) is 0 Å². The third-order valence-electron chi connectivity index (χ3n) is 1.96. The first kappa shape index (κ1) is 7.99. The van der Waals surface area contributed by atoms with Crippen molar-refractivity contribution < 1.29 is 0 Å². The van der Waals surface area contributed by atoms with Crippen LogP contribution in [0.25, 0.3) is 17.0 Å². The van der Waals surface area contributed by atoms with Gasteiger partial charge in [0.2, 0.25) is 0 Å².